The summed E-state index contributed by atoms with van der Waals surface area (Å²) >= 11 is 0. The van der Waals surface area contributed by atoms with Gasteiger partial charge in [-0.15, -0.1) is 0 Å². The predicted octanol–water partition coefficient (Wildman–Crippen LogP) is 8.28. The second kappa shape index (κ2) is 11.4. The van der Waals surface area contributed by atoms with Crippen LogP contribution in [0.2, 0.25) is 0 Å². The standard InChI is InChI=1S/C30H44F3NO2/c1-29(2)16-13-25(14-17-29)34(18-15-21-5-3-4-6-21)27-12-7-22(20-28(35)36)19-26(27)23-8-10-24(11-9-23)30(31,32)33/h8-11,21-22,25-27H,3-7,12-20H2,1-2H3,(H,35,36)/t22-,26+,27-/m1/s1. The van der Waals surface area contributed by atoms with Gasteiger partial charge in [0.25, 0.3) is 0 Å². The maximum absolute atomic E-state index is 13.3. The van der Waals surface area contributed by atoms with Crippen LogP contribution in [0.1, 0.15) is 114 Å². The van der Waals surface area contributed by atoms with E-state index >= 15 is 0 Å². The molecule has 4 rings (SSSR count). The van der Waals surface area contributed by atoms with Crippen LogP contribution in [-0.4, -0.2) is 34.6 Å². The van der Waals surface area contributed by atoms with E-state index in [1.54, 1.807) is 12.1 Å². The maximum atomic E-state index is 13.3. The van der Waals surface area contributed by atoms with Crippen LogP contribution in [0.3, 0.4) is 0 Å². The molecule has 6 heteroatoms. The smallest absolute Gasteiger partial charge is 0.416 e. The molecule has 0 saturated heterocycles. The van der Waals surface area contributed by atoms with Gasteiger partial charge in [-0.05, 0) is 98.8 Å². The monoisotopic (exact) mass is 507 g/mol. The average Bonchev–Trinajstić information content (AvgIpc) is 3.33. The van der Waals surface area contributed by atoms with Crippen molar-refractivity contribution in [1.29, 1.82) is 0 Å². The number of nitrogens with zero attached hydrogens (tertiary/aromatic N) is 1. The fraction of sp³-hybridized carbons (Fsp3) is 0.767. The summed E-state index contributed by atoms with van der Waals surface area (Å²) < 4.78 is 39.8. The van der Waals surface area contributed by atoms with Crippen molar-refractivity contribution in [2.45, 2.75) is 121 Å². The molecule has 1 aromatic rings. The van der Waals surface area contributed by atoms with Gasteiger partial charge < -0.3 is 5.11 Å². The minimum Gasteiger partial charge on any atom is -0.481 e. The predicted molar refractivity (Wildman–Crippen MR) is 137 cm³/mol. The molecule has 3 fully saturated rings. The Labute approximate surface area is 214 Å². The first kappa shape index (κ1) is 27.5. The first-order valence-electron chi connectivity index (χ1n) is 14.2. The second-order valence-corrected chi connectivity index (χ2v) is 12.6. The molecular weight excluding hydrogens is 463 g/mol. The SMILES string of the molecule is CC1(C)CCC(N(CCC2CCCC2)[C@@H]2CC[C@@H](CC(=O)O)C[C@H]2c2ccc(C(F)(F)F)cc2)CC1. The Morgan fingerprint density at radius 3 is 2.19 bits per heavy atom. The zero-order chi connectivity index (χ0) is 25.9. The van der Waals surface area contributed by atoms with Crippen molar-refractivity contribution in [1.82, 2.24) is 4.90 Å². The Morgan fingerprint density at radius 2 is 1.61 bits per heavy atom. The van der Waals surface area contributed by atoms with Crippen LogP contribution in [-0.2, 0) is 11.0 Å². The number of aliphatic carboxylic acids is 1. The molecule has 0 unspecified atom stereocenters. The fourth-order valence-electron chi connectivity index (χ4n) is 7.31. The van der Waals surface area contributed by atoms with Crippen LogP contribution < -0.4 is 0 Å². The van der Waals surface area contributed by atoms with E-state index in [0.717, 1.165) is 37.3 Å². The Balaban J connectivity index is 1.59. The molecule has 202 valence electrons. The fourth-order valence-corrected chi connectivity index (χ4v) is 7.31. The molecule has 3 atom stereocenters. The third-order valence-corrected chi connectivity index (χ3v) is 9.53. The van der Waals surface area contributed by atoms with Crippen LogP contribution >= 0.6 is 0 Å². The van der Waals surface area contributed by atoms with Crippen LogP contribution in [0, 0.1) is 17.3 Å². The molecule has 3 nitrogen and oxygen atoms in total. The Morgan fingerprint density at radius 1 is 0.972 bits per heavy atom. The van der Waals surface area contributed by atoms with Gasteiger partial charge in [0.05, 0.1) is 5.56 Å². The summed E-state index contributed by atoms with van der Waals surface area (Å²) in [6, 6.07) is 6.50. The van der Waals surface area contributed by atoms with E-state index in [1.165, 1.54) is 69.9 Å². The molecular formula is C30H44F3NO2. The van der Waals surface area contributed by atoms with Gasteiger partial charge in [0, 0.05) is 18.5 Å². The minimum atomic E-state index is -4.35. The molecule has 3 saturated carbocycles. The lowest BCUT2D eigenvalue weighted by Crippen LogP contribution is -2.50. The van der Waals surface area contributed by atoms with Crippen molar-refractivity contribution < 1.29 is 23.1 Å². The minimum absolute atomic E-state index is 0.0731. The Hall–Kier alpha value is -1.56. The molecule has 3 aliphatic carbocycles. The lowest BCUT2D eigenvalue weighted by molar-refractivity contribution is -0.139. The van der Waals surface area contributed by atoms with E-state index < -0.39 is 17.7 Å². The lowest BCUT2D eigenvalue weighted by Gasteiger charge is -2.49. The van der Waals surface area contributed by atoms with Crippen LogP contribution in [0.5, 0.6) is 0 Å². The van der Waals surface area contributed by atoms with Crippen molar-refractivity contribution in [3.05, 3.63) is 35.4 Å². The summed E-state index contributed by atoms with van der Waals surface area (Å²) in [5, 5.41) is 9.45. The number of halogens is 3. The molecule has 0 aliphatic heterocycles. The van der Waals surface area contributed by atoms with Gasteiger partial charge in [-0.1, -0.05) is 51.7 Å². The first-order valence-corrected chi connectivity index (χ1v) is 14.2. The lowest BCUT2D eigenvalue weighted by atomic mass is 9.70. The summed E-state index contributed by atoms with van der Waals surface area (Å²) in [5.74, 6) is 0.162. The van der Waals surface area contributed by atoms with Gasteiger partial charge in [0.15, 0.2) is 0 Å². The Bertz CT molecular complexity index is 850. The molecule has 3 aliphatic rings. The molecule has 0 radical (unpaired) electrons. The van der Waals surface area contributed by atoms with Gasteiger partial charge in [0.2, 0.25) is 0 Å². The summed E-state index contributed by atoms with van der Waals surface area (Å²) in [6.45, 7) is 5.77. The number of carbonyl (C=O) groups is 1. The van der Waals surface area contributed by atoms with E-state index in [1.807, 2.05) is 0 Å². The number of alkyl halides is 3. The summed E-state index contributed by atoms with van der Waals surface area (Å²) in [7, 11) is 0. The topological polar surface area (TPSA) is 40.5 Å². The number of hydrogen-bond acceptors (Lipinski definition) is 2. The molecule has 1 N–H and O–H groups in total. The third-order valence-electron chi connectivity index (χ3n) is 9.53. The molecule has 1 aromatic carbocycles. The first-order chi connectivity index (χ1) is 17.0. The quantitative estimate of drug-likeness (QED) is 0.385. The summed E-state index contributed by atoms with van der Waals surface area (Å²) in [4.78, 5) is 14.2. The number of carboxylic acids is 1. The Kier molecular flexibility index (Phi) is 8.74. The zero-order valence-corrected chi connectivity index (χ0v) is 22.0. The van der Waals surface area contributed by atoms with E-state index in [2.05, 4.69) is 18.7 Å². The van der Waals surface area contributed by atoms with Crippen LogP contribution in [0.4, 0.5) is 13.2 Å². The molecule has 36 heavy (non-hydrogen) atoms. The maximum Gasteiger partial charge on any atom is 0.416 e. The van der Waals surface area contributed by atoms with Gasteiger partial charge in [-0.2, -0.15) is 13.2 Å². The molecule has 0 amide bonds. The summed E-state index contributed by atoms with van der Waals surface area (Å²) in [6.07, 6.45) is 9.59. The van der Waals surface area contributed by atoms with Crippen molar-refractivity contribution in [3.63, 3.8) is 0 Å². The highest BCUT2D eigenvalue weighted by molar-refractivity contribution is 5.67. The largest absolute Gasteiger partial charge is 0.481 e. The highest BCUT2D eigenvalue weighted by Gasteiger charge is 2.40. The molecule has 0 spiro atoms. The van der Waals surface area contributed by atoms with Gasteiger partial charge in [-0.3, -0.25) is 9.69 Å². The van der Waals surface area contributed by atoms with Gasteiger partial charge >= 0.3 is 12.1 Å². The highest BCUT2D eigenvalue weighted by Crippen LogP contribution is 2.45. The number of rotatable bonds is 8. The van der Waals surface area contributed by atoms with E-state index in [9.17, 15) is 23.1 Å². The van der Waals surface area contributed by atoms with Crippen molar-refractivity contribution in [3.8, 4) is 0 Å². The van der Waals surface area contributed by atoms with Crippen molar-refractivity contribution >= 4 is 5.97 Å². The van der Waals surface area contributed by atoms with E-state index in [-0.39, 0.29) is 24.3 Å². The zero-order valence-electron chi connectivity index (χ0n) is 22.0. The number of hydrogen-bond donors (Lipinski definition) is 1. The van der Waals surface area contributed by atoms with Crippen LogP contribution in [0.25, 0.3) is 0 Å². The average molecular weight is 508 g/mol. The van der Waals surface area contributed by atoms with E-state index in [0.29, 0.717) is 11.5 Å². The number of carboxylic acid groups (broad SMARTS) is 1. The number of benzene rings is 1. The van der Waals surface area contributed by atoms with Gasteiger partial charge in [0.1, 0.15) is 0 Å². The normalized spacial score (nSPS) is 28.0. The highest BCUT2D eigenvalue weighted by atomic mass is 19.4. The van der Waals surface area contributed by atoms with Crippen molar-refractivity contribution in [2.75, 3.05) is 6.54 Å². The second-order valence-electron chi connectivity index (χ2n) is 12.6. The molecule has 0 heterocycles. The molecule has 0 bridgehead atoms. The summed E-state index contributed by atoms with van der Waals surface area (Å²) in [5.41, 5.74) is 0.693. The van der Waals surface area contributed by atoms with E-state index in [4.69, 9.17) is 0 Å². The van der Waals surface area contributed by atoms with Crippen molar-refractivity contribution in [2.24, 2.45) is 17.3 Å². The molecule has 0 aromatic heterocycles. The van der Waals surface area contributed by atoms with Gasteiger partial charge in [-0.25, -0.2) is 0 Å². The van der Waals surface area contributed by atoms with Crippen LogP contribution in [0.15, 0.2) is 24.3 Å². The third kappa shape index (κ3) is 7.05.